The average molecular weight is 345 g/mol. The van der Waals surface area contributed by atoms with Gasteiger partial charge in [-0.1, -0.05) is 11.2 Å². The third-order valence-corrected chi connectivity index (χ3v) is 3.88. The SMILES string of the molecule is Cc1cc(NC(=O)NCc2ccc(N3C[C@@H](C)O[C@@H](C)C3)nc2)no1. The first-order chi connectivity index (χ1) is 12.0. The predicted molar refractivity (Wildman–Crippen MR) is 93.6 cm³/mol. The highest BCUT2D eigenvalue weighted by Gasteiger charge is 2.22. The van der Waals surface area contributed by atoms with E-state index in [1.165, 1.54) is 0 Å². The number of pyridine rings is 1. The molecule has 0 saturated carbocycles. The van der Waals surface area contributed by atoms with E-state index in [0.717, 1.165) is 24.5 Å². The minimum atomic E-state index is -0.340. The molecule has 2 amide bonds. The van der Waals surface area contributed by atoms with E-state index in [2.05, 4.69) is 39.5 Å². The van der Waals surface area contributed by atoms with Crippen molar-refractivity contribution >= 4 is 17.7 Å². The number of carbonyl (C=O) groups is 1. The Morgan fingerprint density at radius 3 is 2.68 bits per heavy atom. The minimum absolute atomic E-state index is 0.191. The normalized spacial score (nSPS) is 20.4. The highest BCUT2D eigenvalue weighted by molar-refractivity contribution is 5.88. The van der Waals surface area contributed by atoms with Gasteiger partial charge in [-0.05, 0) is 32.4 Å². The molecule has 1 aliphatic rings. The molecule has 8 heteroatoms. The molecule has 2 N–H and O–H groups in total. The van der Waals surface area contributed by atoms with Gasteiger partial charge in [-0.15, -0.1) is 0 Å². The van der Waals surface area contributed by atoms with E-state index < -0.39 is 0 Å². The van der Waals surface area contributed by atoms with E-state index in [1.54, 1.807) is 19.2 Å². The van der Waals surface area contributed by atoms with E-state index in [0.29, 0.717) is 18.1 Å². The molecule has 2 aromatic heterocycles. The Bertz CT molecular complexity index is 705. The lowest BCUT2D eigenvalue weighted by atomic mass is 10.2. The lowest BCUT2D eigenvalue weighted by Crippen LogP contribution is -2.45. The fourth-order valence-electron chi connectivity index (χ4n) is 2.84. The van der Waals surface area contributed by atoms with Crippen molar-refractivity contribution in [1.29, 1.82) is 0 Å². The number of nitrogens with zero attached hydrogens (tertiary/aromatic N) is 3. The van der Waals surface area contributed by atoms with Gasteiger partial charge in [-0.2, -0.15) is 0 Å². The van der Waals surface area contributed by atoms with Crippen molar-refractivity contribution in [3.63, 3.8) is 0 Å². The lowest BCUT2D eigenvalue weighted by molar-refractivity contribution is -0.00546. The number of nitrogens with one attached hydrogen (secondary N) is 2. The fraction of sp³-hybridized carbons (Fsp3) is 0.471. The maximum absolute atomic E-state index is 11.8. The van der Waals surface area contributed by atoms with Crippen molar-refractivity contribution < 1.29 is 14.1 Å². The summed E-state index contributed by atoms with van der Waals surface area (Å²) in [6.07, 6.45) is 2.16. The zero-order chi connectivity index (χ0) is 17.8. The van der Waals surface area contributed by atoms with Crippen molar-refractivity contribution in [2.24, 2.45) is 0 Å². The number of anilines is 2. The molecular weight excluding hydrogens is 322 g/mol. The number of amides is 2. The van der Waals surface area contributed by atoms with E-state index in [9.17, 15) is 4.79 Å². The van der Waals surface area contributed by atoms with Gasteiger partial charge in [0.2, 0.25) is 0 Å². The topological polar surface area (TPSA) is 92.5 Å². The van der Waals surface area contributed by atoms with Gasteiger partial charge in [0, 0.05) is 31.9 Å². The third kappa shape index (κ3) is 4.69. The zero-order valence-electron chi connectivity index (χ0n) is 14.7. The summed E-state index contributed by atoms with van der Waals surface area (Å²) in [7, 11) is 0. The molecule has 0 radical (unpaired) electrons. The van der Waals surface area contributed by atoms with Gasteiger partial charge < -0.3 is 19.5 Å². The summed E-state index contributed by atoms with van der Waals surface area (Å²) in [6.45, 7) is 7.93. The van der Waals surface area contributed by atoms with Crippen molar-refractivity contribution in [3.8, 4) is 0 Å². The van der Waals surface area contributed by atoms with Crippen LogP contribution >= 0.6 is 0 Å². The smallest absolute Gasteiger partial charge is 0.320 e. The van der Waals surface area contributed by atoms with Crippen LogP contribution in [0, 0.1) is 6.92 Å². The van der Waals surface area contributed by atoms with Crippen LogP contribution in [0.4, 0.5) is 16.4 Å². The Morgan fingerprint density at radius 2 is 2.08 bits per heavy atom. The summed E-state index contributed by atoms with van der Waals surface area (Å²) < 4.78 is 10.6. The molecule has 0 spiro atoms. The summed E-state index contributed by atoms with van der Waals surface area (Å²) in [4.78, 5) is 18.6. The number of aryl methyl sites for hydroxylation is 1. The van der Waals surface area contributed by atoms with Crippen LogP contribution in [0.25, 0.3) is 0 Å². The highest BCUT2D eigenvalue weighted by atomic mass is 16.5. The Kier molecular flexibility index (Phi) is 5.18. The highest BCUT2D eigenvalue weighted by Crippen LogP contribution is 2.18. The molecular formula is C17H23N5O3. The first kappa shape index (κ1) is 17.2. The molecule has 3 heterocycles. The van der Waals surface area contributed by atoms with E-state index in [-0.39, 0.29) is 18.2 Å². The number of morpholine rings is 1. The summed E-state index contributed by atoms with van der Waals surface area (Å²) in [5, 5.41) is 9.08. The van der Waals surface area contributed by atoms with Crippen molar-refractivity contribution in [1.82, 2.24) is 15.5 Å². The number of ether oxygens (including phenoxy) is 1. The van der Waals surface area contributed by atoms with Crippen LogP contribution in [0.2, 0.25) is 0 Å². The van der Waals surface area contributed by atoms with Crippen LogP contribution < -0.4 is 15.5 Å². The van der Waals surface area contributed by atoms with Gasteiger partial charge >= 0.3 is 6.03 Å². The largest absolute Gasteiger partial charge is 0.372 e. The van der Waals surface area contributed by atoms with Crippen LogP contribution in [-0.4, -0.2) is 41.5 Å². The number of urea groups is 1. The fourth-order valence-corrected chi connectivity index (χ4v) is 2.84. The molecule has 2 aromatic rings. The number of hydrogen-bond acceptors (Lipinski definition) is 6. The first-order valence-corrected chi connectivity index (χ1v) is 8.33. The van der Waals surface area contributed by atoms with Gasteiger partial charge in [0.05, 0.1) is 12.2 Å². The molecule has 0 aliphatic carbocycles. The Morgan fingerprint density at radius 1 is 1.32 bits per heavy atom. The molecule has 1 aliphatic heterocycles. The molecule has 1 saturated heterocycles. The summed E-state index contributed by atoms with van der Waals surface area (Å²) >= 11 is 0. The maximum Gasteiger partial charge on any atom is 0.320 e. The number of hydrogen-bond donors (Lipinski definition) is 2. The monoisotopic (exact) mass is 345 g/mol. The minimum Gasteiger partial charge on any atom is -0.372 e. The van der Waals surface area contributed by atoms with Crippen LogP contribution in [0.15, 0.2) is 28.9 Å². The molecule has 0 aromatic carbocycles. The molecule has 1 fully saturated rings. The summed E-state index contributed by atoms with van der Waals surface area (Å²) in [6, 6.07) is 5.25. The Hall–Kier alpha value is -2.61. The summed E-state index contributed by atoms with van der Waals surface area (Å²) in [5.74, 6) is 1.95. The number of rotatable bonds is 4. The Balaban J connectivity index is 1.51. The molecule has 8 nitrogen and oxygen atoms in total. The predicted octanol–water partition coefficient (Wildman–Crippen LogP) is 2.31. The van der Waals surface area contributed by atoms with Gasteiger partial charge in [0.25, 0.3) is 0 Å². The van der Waals surface area contributed by atoms with Crippen LogP contribution in [0.5, 0.6) is 0 Å². The number of carbonyl (C=O) groups excluding carboxylic acids is 1. The van der Waals surface area contributed by atoms with E-state index >= 15 is 0 Å². The first-order valence-electron chi connectivity index (χ1n) is 8.33. The summed E-state index contributed by atoms with van der Waals surface area (Å²) in [5.41, 5.74) is 0.921. The number of aromatic nitrogens is 2. The molecule has 0 unspecified atom stereocenters. The van der Waals surface area contributed by atoms with Crippen LogP contribution in [-0.2, 0) is 11.3 Å². The van der Waals surface area contributed by atoms with Crippen molar-refractivity contribution in [2.45, 2.75) is 39.5 Å². The maximum atomic E-state index is 11.8. The molecule has 2 atom stereocenters. The zero-order valence-corrected chi connectivity index (χ0v) is 14.7. The van der Waals surface area contributed by atoms with Gasteiger partial charge in [-0.3, -0.25) is 5.32 Å². The van der Waals surface area contributed by atoms with Crippen LogP contribution in [0.1, 0.15) is 25.2 Å². The van der Waals surface area contributed by atoms with Gasteiger partial charge in [0.15, 0.2) is 5.82 Å². The standard InChI is InChI=1S/C17H23N5O3/c1-11-6-15(21-25-11)20-17(23)19-8-14-4-5-16(18-7-14)22-9-12(2)24-13(3)10-22/h4-7,12-13H,8-10H2,1-3H3,(H2,19,20,21,23)/t12-,13+. The Labute approximate surface area is 146 Å². The average Bonchev–Trinajstić information content (AvgIpc) is 2.97. The molecule has 0 bridgehead atoms. The quantitative estimate of drug-likeness (QED) is 0.883. The molecule has 134 valence electrons. The van der Waals surface area contributed by atoms with Crippen molar-refractivity contribution in [2.75, 3.05) is 23.3 Å². The second-order valence-electron chi connectivity index (χ2n) is 6.32. The van der Waals surface area contributed by atoms with Gasteiger partial charge in [-0.25, -0.2) is 9.78 Å². The third-order valence-electron chi connectivity index (χ3n) is 3.88. The van der Waals surface area contributed by atoms with Crippen LogP contribution in [0.3, 0.4) is 0 Å². The molecule has 3 rings (SSSR count). The lowest BCUT2D eigenvalue weighted by Gasteiger charge is -2.36. The van der Waals surface area contributed by atoms with E-state index in [1.807, 2.05) is 12.1 Å². The van der Waals surface area contributed by atoms with Gasteiger partial charge in [0.1, 0.15) is 11.6 Å². The molecule has 25 heavy (non-hydrogen) atoms. The second kappa shape index (κ2) is 7.52. The second-order valence-corrected chi connectivity index (χ2v) is 6.32. The van der Waals surface area contributed by atoms with E-state index in [4.69, 9.17) is 9.26 Å². The van der Waals surface area contributed by atoms with Crippen molar-refractivity contribution in [3.05, 3.63) is 35.7 Å².